The predicted molar refractivity (Wildman–Crippen MR) is 129 cm³/mol. The molecule has 0 bridgehead atoms. The maximum Gasteiger partial charge on any atom is 0.259 e. The van der Waals surface area contributed by atoms with Gasteiger partial charge in [0.2, 0.25) is 0 Å². The van der Waals surface area contributed by atoms with Crippen LogP contribution in [0.3, 0.4) is 0 Å². The normalized spacial score (nSPS) is 11.1. The Morgan fingerprint density at radius 3 is 2.72 bits per heavy atom. The molecule has 5 aromatic rings. The Labute approximate surface area is 187 Å². The zero-order valence-electron chi connectivity index (χ0n) is 16.8. The molecule has 0 aliphatic carbocycles. The molecule has 3 aromatic heterocycles. The zero-order valence-corrected chi connectivity index (χ0v) is 17.6. The van der Waals surface area contributed by atoms with Gasteiger partial charge in [0.1, 0.15) is 0 Å². The SMILES string of the molecule is O=C(Nc1nccs1)c1ccccc1Nc1ccc2c(/C=C/c3ccccn3)n[nH]c2c1. The lowest BCUT2D eigenvalue weighted by Crippen LogP contribution is -2.13. The lowest BCUT2D eigenvalue weighted by Gasteiger charge is -2.11. The average Bonchev–Trinajstić information content (AvgIpc) is 3.48. The fourth-order valence-corrected chi connectivity index (χ4v) is 3.80. The molecule has 0 unspecified atom stereocenters. The number of nitrogens with one attached hydrogen (secondary N) is 3. The highest BCUT2D eigenvalue weighted by Crippen LogP contribution is 2.26. The number of anilines is 3. The van der Waals surface area contributed by atoms with E-state index in [1.54, 1.807) is 18.5 Å². The summed E-state index contributed by atoms with van der Waals surface area (Å²) in [6.07, 6.45) is 7.28. The first kappa shape index (κ1) is 19.7. The number of para-hydroxylation sites is 1. The minimum absolute atomic E-state index is 0.215. The van der Waals surface area contributed by atoms with Gasteiger partial charge in [0.05, 0.1) is 28.2 Å². The smallest absolute Gasteiger partial charge is 0.259 e. The third kappa shape index (κ3) is 4.26. The van der Waals surface area contributed by atoms with Crippen LogP contribution in [0.2, 0.25) is 0 Å². The van der Waals surface area contributed by atoms with Gasteiger partial charge in [0, 0.05) is 28.8 Å². The molecule has 0 atom stereocenters. The number of carbonyl (C=O) groups excluding carboxylic acids is 1. The van der Waals surface area contributed by atoms with Gasteiger partial charge < -0.3 is 5.32 Å². The fraction of sp³-hybridized carbons (Fsp3) is 0. The number of rotatable bonds is 6. The lowest BCUT2D eigenvalue weighted by atomic mass is 10.1. The molecular weight excluding hydrogens is 420 g/mol. The molecule has 0 fully saturated rings. The second-order valence-electron chi connectivity index (χ2n) is 6.92. The van der Waals surface area contributed by atoms with Crippen LogP contribution in [0.4, 0.5) is 16.5 Å². The molecule has 0 radical (unpaired) electrons. The number of nitrogens with zero attached hydrogens (tertiary/aromatic N) is 3. The number of hydrogen-bond donors (Lipinski definition) is 3. The second kappa shape index (κ2) is 8.83. The molecule has 8 heteroatoms. The molecule has 3 heterocycles. The largest absolute Gasteiger partial charge is 0.355 e. The fourth-order valence-electron chi connectivity index (χ4n) is 3.28. The van der Waals surface area contributed by atoms with Gasteiger partial charge in [0.25, 0.3) is 5.91 Å². The molecular formula is C24H18N6OS. The summed E-state index contributed by atoms with van der Waals surface area (Å²) in [5.74, 6) is -0.215. The van der Waals surface area contributed by atoms with Crippen molar-refractivity contribution in [1.29, 1.82) is 0 Å². The van der Waals surface area contributed by atoms with Crippen LogP contribution in [0, 0.1) is 0 Å². The van der Waals surface area contributed by atoms with Crippen molar-refractivity contribution < 1.29 is 4.79 Å². The first-order chi connectivity index (χ1) is 15.8. The van der Waals surface area contributed by atoms with Crippen molar-refractivity contribution in [2.24, 2.45) is 0 Å². The van der Waals surface area contributed by atoms with E-state index in [0.29, 0.717) is 16.4 Å². The molecule has 0 saturated heterocycles. The van der Waals surface area contributed by atoms with Crippen molar-refractivity contribution in [2.75, 3.05) is 10.6 Å². The number of aromatic nitrogens is 4. The van der Waals surface area contributed by atoms with Gasteiger partial charge >= 0.3 is 0 Å². The molecule has 2 aromatic carbocycles. The summed E-state index contributed by atoms with van der Waals surface area (Å²) >= 11 is 1.38. The quantitative estimate of drug-likeness (QED) is 0.322. The topological polar surface area (TPSA) is 95.6 Å². The van der Waals surface area contributed by atoms with E-state index in [-0.39, 0.29) is 5.91 Å². The summed E-state index contributed by atoms with van der Waals surface area (Å²) in [6, 6.07) is 19.1. The maximum absolute atomic E-state index is 12.7. The number of H-pyrrole nitrogens is 1. The predicted octanol–water partition coefficient (Wildman–Crippen LogP) is 5.58. The van der Waals surface area contributed by atoms with E-state index in [1.165, 1.54) is 11.3 Å². The van der Waals surface area contributed by atoms with Gasteiger partial charge in [-0.1, -0.05) is 18.2 Å². The first-order valence-corrected chi connectivity index (χ1v) is 10.8. The van der Waals surface area contributed by atoms with Crippen LogP contribution in [-0.4, -0.2) is 26.1 Å². The van der Waals surface area contributed by atoms with Gasteiger partial charge in [0.15, 0.2) is 5.13 Å². The number of hydrogen-bond acceptors (Lipinski definition) is 6. The zero-order chi connectivity index (χ0) is 21.8. The van der Waals surface area contributed by atoms with E-state index in [1.807, 2.05) is 72.1 Å². The third-order valence-electron chi connectivity index (χ3n) is 4.80. The van der Waals surface area contributed by atoms with Crippen molar-refractivity contribution in [3.05, 3.63) is 95.4 Å². The highest BCUT2D eigenvalue weighted by atomic mass is 32.1. The minimum atomic E-state index is -0.215. The van der Waals surface area contributed by atoms with Crippen molar-refractivity contribution >= 4 is 56.8 Å². The van der Waals surface area contributed by atoms with Crippen molar-refractivity contribution in [3.63, 3.8) is 0 Å². The van der Waals surface area contributed by atoms with Gasteiger partial charge in [-0.2, -0.15) is 5.10 Å². The summed E-state index contributed by atoms with van der Waals surface area (Å²) in [7, 11) is 0. The Bertz CT molecular complexity index is 1390. The molecule has 3 N–H and O–H groups in total. The van der Waals surface area contributed by atoms with Crippen LogP contribution in [0.15, 0.2) is 78.4 Å². The number of carbonyl (C=O) groups is 1. The molecule has 0 spiro atoms. The van der Waals surface area contributed by atoms with Crippen molar-refractivity contribution in [3.8, 4) is 0 Å². The number of fused-ring (bicyclic) bond motifs is 1. The van der Waals surface area contributed by atoms with E-state index in [0.717, 1.165) is 28.0 Å². The van der Waals surface area contributed by atoms with Gasteiger partial charge in [-0.05, 0) is 54.6 Å². The van der Waals surface area contributed by atoms with Gasteiger partial charge in [-0.3, -0.25) is 20.2 Å². The highest BCUT2D eigenvalue weighted by molar-refractivity contribution is 7.13. The van der Waals surface area contributed by atoms with Gasteiger partial charge in [-0.25, -0.2) is 4.98 Å². The molecule has 0 saturated carbocycles. The lowest BCUT2D eigenvalue weighted by molar-refractivity contribution is 0.102. The summed E-state index contributed by atoms with van der Waals surface area (Å²) in [5, 5.41) is 17.0. The number of amides is 1. The summed E-state index contributed by atoms with van der Waals surface area (Å²) in [4.78, 5) is 21.1. The Morgan fingerprint density at radius 2 is 1.88 bits per heavy atom. The van der Waals surface area contributed by atoms with Crippen molar-refractivity contribution in [1.82, 2.24) is 20.2 Å². The minimum Gasteiger partial charge on any atom is -0.355 e. The standard InChI is InChI=1S/C24H18N6OS/c31-23(28-24-26-13-14-32-24)19-6-1-2-7-20(19)27-17-8-10-18-21(29-30-22(18)15-17)11-9-16-5-3-4-12-25-16/h1-15,27H,(H,29,30)(H,26,28,31)/b11-9+. The monoisotopic (exact) mass is 438 g/mol. The van der Waals surface area contributed by atoms with Crippen LogP contribution in [0.1, 0.15) is 21.7 Å². The molecule has 0 aliphatic rings. The number of aromatic amines is 1. The number of pyridine rings is 1. The molecule has 5 rings (SSSR count). The molecule has 32 heavy (non-hydrogen) atoms. The molecule has 1 amide bonds. The first-order valence-electron chi connectivity index (χ1n) is 9.90. The maximum atomic E-state index is 12.7. The molecule has 7 nitrogen and oxygen atoms in total. The van der Waals surface area contributed by atoms with E-state index in [2.05, 4.69) is 30.8 Å². The van der Waals surface area contributed by atoms with Crippen LogP contribution in [0.5, 0.6) is 0 Å². The van der Waals surface area contributed by atoms with E-state index >= 15 is 0 Å². The van der Waals surface area contributed by atoms with E-state index in [9.17, 15) is 4.79 Å². The summed E-state index contributed by atoms with van der Waals surface area (Å²) < 4.78 is 0. The Balaban J connectivity index is 1.37. The number of benzene rings is 2. The summed E-state index contributed by atoms with van der Waals surface area (Å²) in [6.45, 7) is 0. The van der Waals surface area contributed by atoms with Gasteiger partial charge in [-0.15, -0.1) is 11.3 Å². The Hall–Kier alpha value is -4.30. The van der Waals surface area contributed by atoms with Crippen LogP contribution in [0.25, 0.3) is 23.1 Å². The van der Waals surface area contributed by atoms with Crippen LogP contribution >= 0.6 is 11.3 Å². The van der Waals surface area contributed by atoms with Crippen LogP contribution in [-0.2, 0) is 0 Å². The van der Waals surface area contributed by atoms with E-state index < -0.39 is 0 Å². The second-order valence-corrected chi connectivity index (χ2v) is 7.81. The number of thiazole rings is 1. The Kier molecular flexibility index (Phi) is 5.42. The van der Waals surface area contributed by atoms with Crippen LogP contribution < -0.4 is 10.6 Å². The third-order valence-corrected chi connectivity index (χ3v) is 5.48. The Morgan fingerprint density at radius 1 is 0.969 bits per heavy atom. The molecule has 0 aliphatic heterocycles. The van der Waals surface area contributed by atoms with E-state index in [4.69, 9.17) is 0 Å². The highest BCUT2D eigenvalue weighted by Gasteiger charge is 2.13. The van der Waals surface area contributed by atoms with Crippen molar-refractivity contribution in [2.45, 2.75) is 0 Å². The summed E-state index contributed by atoms with van der Waals surface area (Å²) in [5.41, 5.74) is 4.67. The molecule has 156 valence electrons. The average molecular weight is 439 g/mol.